The Morgan fingerprint density at radius 3 is 2.80 bits per heavy atom. The van der Waals surface area contributed by atoms with Gasteiger partial charge in [0.2, 0.25) is 0 Å². The number of pyridine rings is 1. The van der Waals surface area contributed by atoms with Crippen LogP contribution in [0, 0.1) is 5.82 Å². The second-order valence-corrected chi connectivity index (χ2v) is 4.21. The summed E-state index contributed by atoms with van der Waals surface area (Å²) in [6.45, 7) is 4.09. The van der Waals surface area contributed by atoms with Gasteiger partial charge in [-0.1, -0.05) is 6.92 Å². The molecule has 0 aromatic carbocycles. The molecule has 0 bridgehead atoms. The summed E-state index contributed by atoms with van der Waals surface area (Å²) in [6.07, 6.45) is 2.25. The van der Waals surface area contributed by atoms with Gasteiger partial charge in [0.25, 0.3) is 5.88 Å². The zero-order valence-corrected chi connectivity index (χ0v) is 11.5. The van der Waals surface area contributed by atoms with Gasteiger partial charge in [0.05, 0.1) is 6.61 Å². The van der Waals surface area contributed by atoms with Gasteiger partial charge in [-0.25, -0.2) is 14.8 Å². The Morgan fingerprint density at radius 2 is 2.20 bits per heavy atom. The standard InChI is InChI=1S/C14H18FN3O2/c1-3-9-5-6-11(20-9)13(18-16)10-7-8-17-14(12(10)15)19-4-2/h5-8,13,18H,3-4,16H2,1-2H3. The summed E-state index contributed by atoms with van der Waals surface area (Å²) >= 11 is 0. The SMILES string of the molecule is CCOc1nccc(C(NN)c2ccc(CC)o2)c1F. The van der Waals surface area contributed by atoms with Crippen molar-refractivity contribution in [2.24, 2.45) is 5.84 Å². The third-order valence-electron chi connectivity index (χ3n) is 2.96. The fourth-order valence-electron chi connectivity index (χ4n) is 1.96. The molecule has 3 N–H and O–H groups in total. The first-order valence-corrected chi connectivity index (χ1v) is 6.53. The highest BCUT2D eigenvalue weighted by Crippen LogP contribution is 2.28. The van der Waals surface area contributed by atoms with E-state index in [1.165, 1.54) is 6.20 Å². The summed E-state index contributed by atoms with van der Waals surface area (Å²) in [5.74, 6) is 6.34. The fraction of sp³-hybridized carbons (Fsp3) is 0.357. The first kappa shape index (κ1) is 14.5. The molecule has 0 fully saturated rings. The van der Waals surface area contributed by atoms with Crippen LogP contribution in [0.15, 0.2) is 28.8 Å². The first-order valence-electron chi connectivity index (χ1n) is 6.53. The van der Waals surface area contributed by atoms with Gasteiger partial charge >= 0.3 is 0 Å². The average Bonchev–Trinajstić information content (AvgIpc) is 2.92. The molecule has 2 heterocycles. The summed E-state index contributed by atoms with van der Waals surface area (Å²) in [5, 5.41) is 0. The monoisotopic (exact) mass is 279 g/mol. The zero-order valence-electron chi connectivity index (χ0n) is 11.5. The van der Waals surface area contributed by atoms with Gasteiger partial charge in [0, 0.05) is 18.2 Å². The van der Waals surface area contributed by atoms with E-state index in [2.05, 4.69) is 10.4 Å². The van der Waals surface area contributed by atoms with Crippen molar-refractivity contribution in [2.75, 3.05) is 6.61 Å². The molecule has 108 valence electrons. The molecule has 2 aromatic heterocycles. The lowest BCUT2D eigenvalue weighted by atomic mass is 10.1. The minimum atomic E-state index is -0.586. The van der Waals surface area contributed by atoms with E-state index in [4.69, 9.17) is 15.0 Å². The van der Waals surface area contributed by atoms with Gasteiger partial charge in [-0.2, -0.15) is 0 Å². The molecule has 5 nitrogen and oxygen atoms in total. The van der Waals surface area contributed by atoms with Gasteiger partial charge in [-0.3, -0.25) is 5.84 Å². The average molecular weight is 279 g/mol. The van der Waals surface area contributed by atoms with Crippen LogP contribution in [-0.4, -0.2) is 11.6 Å². The van der Waals surface area contributed by atoms with E-state index in [1.54, 1.807) is 19.1 Å². The van der Waals surface area contributed by atoms with Gasteiger partial charge in [0.1, 0.15) is 17.6 Å². The molecule has 0 radical (unpaired) electrons. The number of nitrogens with two attached hydrogens (primary N) is 1. The van der Waals surface area contributed by atoms with Crippen LogP contribution in [-0.2, 0) is 6.42 Å². The number of nitrogens with one attached hydrogen (secondary N) is 1. The number of furan rings is 1. The number of rotatable bonds is 6. The number of aromatic nitrogens is 1. The molecule has 0 saturated heterocycles. The Kier molecular flexibility index (Phi) is 4.70. The maximum absolute atomic E-state index is 14.3. The summed E-state index contributed by atoms with van der Waals surface area (Å²) < 4.78 is 25.1. The van der Waals surface area contributed by atoms with Crippen LogP contribution in [0.25, 0.3) is 0 Å². The van der Waals surface area contributed by atoms with Gasteiger partial charge in [0.15, 0.2) is 5.82 Å². The number of ether oxygens (including phenoxy) is 1. The molecule has 6 heteroatoms. The van der Waals surface area contributed by atoms with Crippen LogP contribution in [0.4, 0.5) is 4.39 Å². The second kappa shape index (κ2) is 6.49. The van der Waals surface area contributed by atoms with Crippen molar-refractivity contribution >= 4 is 0 Å². The van der Waals surface area contributed by atoms with E-state index >= 15 is 0 Å². The summed E-state index contributed by atoms with van der Waals surface area (Å²) in [4.78, 5) is 3.86. The summed E-state index contributed by atoms with van der Waals surface area (Å²) in [7, 11) is 0. The predicted octanol–water partition coefficient (Wildman–Crippen LogP) is 2.33. The molecule has 0 aliphatic rings. The highest BCUT2D eigenvalue weighted by molar-refractivity contribution is 5.31. The first-order chi connectivity index (χ1) is 9.71. The van der Waals surface area contributed by atoms with Crippen molar-refractivity contribution in [2.45, 2.75) is 26.3 Å². The van der Waals surface area contributed by atoms with Crippen LogP contribution in [0.1, 0.15) is 37.0 Å². The minimum Gasteiger partial charge on any atom is -0.476 e. The number of hydrogen-bond donors (Lipinski definition) is 2. The normalized spacial score (nSPS) is 12.4. The Bertz CT molecular complexity index is 571. The van der Waals surface area contributed by atoms with E-state index < -0.39 is 11.9 Å². The number of hydrazine groups is 1. The predicted molar refractivity (Wildman–Crippen MR) is 72.6 cm³/mol. The molecule has 1 unspecified atom stereocenters. The lowest BCUT2D eigenvalue weighted by Gasteiger charge is -2.16. The third kappa shape index (κ3) is 2.81. The quantitative estimate of drug-likeness (QED) is 0.627. The lowest BCUT2D eigenvalue weighted by molar-refractivity contribution is 0.304. The molecule has 0 spiro atoms. The smallest absolute Gasteiger partial charge is 0.250 e. The molecule has 0 aliphatic heterocycles. The van der Waals surface area contributed by atoms with E-state index in [1.807, 2.05) is 13.0 Å². The molecular weight excluding hydrogens is 261 g/mol. The fourth-order valence-corrected chi connectivity index (χ4v) is 1.96. The molecule has 1 atom stereocenters. The van der Waals surface area contributed by atoms with E-state index in [0.29, 0.717) is 17.9 Å². The zero-order chi connectivity index (χ0) is 14.5. The highest BCUT2D eigenvalue weighted by atomic mass is 19.1. The van der Waals surface area contributed by atoms with Gasteiger partial charge in [-0.15, -0.1) is 0 Å². The molecule has 20 heavy (non-hydrogen) atoms. The third-order valence-corrected chi connectivity index (χ3v) is 2.96. The van der Waals surface area contributed by atoms with Crippen molar-refractivity contribution in [1.82, 2.24) is 10.4 Å². The van der Waals surface area contributed by atoms with E-state index in [-0.39, 0.29) is 5.88 Å². The number of aryl methyl sites for hydroxylation is 1. The number of hydrogen-bond acceptors (Lipinski definition) is 5. The molecule has 2 rings (SSSR count). The molecule has 0 amide bonds. The van der Waals surface area contributed by atoms with Crippen molar-refractivity contribution in [3.8, 4) is 5.88 Å². The number of halogens is 1. The molecule has 2 aromatic rings. The molecule has 0 aliphatic carbocycles. The number of nitrogens with zero attached hydrogens (tertiary/aromatic N) is 1. The van der Waals surface area contributed by atoms with Crippen LogP contribution >= 0.6 is 0 Å². The van der Waals surface area contributed by atoms with Gasteiger partial charge in [-0.05, 0) is 25.1 Å². The topological polar surface area (TPSA) is 73.3 Å². The van der Waals surface area contributed by atoms with Crippen LogP contribution < -0.4 is 16.0 Å². The van der Waals surface area contributed by atoms with Crippen LogP contribution in [0.5, 0.6) is 5.88 Å². The van der Waals surface area contributed by atoms with Crippen LogP contribution in [0.2, 0.25) is 0 Å². The van der Waals surface area contributed by atoms with E-state index in [0.717, 1.165) is 12.2 Å². The Balaban J connectivity index is 2.38. The Morgan fingerprint density at radius 1 is 1.40 bits per heavy atom. The maximum atomic E-state index is 14.3. The van der Waals surface area contributed by atoms with Crippen molar-refractivity contribution in [3.63, 3.8) is 0 Å². The maximum Gasteiger partial charge on any atom is 0.250 e. The Labute approximate surface area is 116 Å². The van der Waals surface area contributed by atoms with Crippen molar-refractivity contribution < 1.29 is 13.5 Å². The molecular formula is C14H18FN3O2. The highest BCUT2D eigenvalue weighted by Gasteiger charge is 2.22. The van der Waals surface area contributed by atoms with Crippen molar-refractivity contribution in [3.05, 3.63) is 47.3 Å². The minimum absolute atomic E-state index is 0.0347. The second-order valence-electron chi connectivity index (χ2n) is 4.21. The summed E-state index contributed by atoms with van der Waals surface area (Å²) in [6, 6.07) is 4.60. The molecule has 0 saturated carbocycles. The van der Waals surface area contributed by atoms with Crippen molar-refractivity contribution in [1.29, 1.82) is 0 Å². The lowest BCUT2D eigenvalue weighted by Crippen LogP contribution is -2.29. The van der Waals surface area contributed by atoms with Gasteiger partial charge < -0.3 is 9.15 Å². The van der Waals surface area contributed by atoms with E-state index in [9.17, 15) is 4.39 Å². The summed E-state index contributed by atoms with van der Waals surface area (Å²) in [5.41, 5.74) is 2.90. The largest absolute Gasteiger partial charge is 0.476 e. The van der Waals surface area contributed by atoms with Crippen LogP contribution in [0.3, 0.4) is 0 Å². The Hall–Kier alpha value is -1.92.